The van der Waals surface area contributed by atoms with E-state index in [-0.39, 0.29) is 17.4 Å². The van der Waals surface area contributed by atoms with E-state index in [1.165, 1.54) is 24.1 Å². The van der Waals surface area contributed by atoms with Crippen molar-refractivity contribution in [2.75, 3.05) is 31.7 Å². The number of benzene rings is 2. The first-order valence-corrected chi connectivity index (χ1v) is 8.92. The lowest BCUT2D eigenvalue weighted by Gasteiger charge is -2.13. The van der Waals surface area contributed by atoms with E-state index in [4.69, 9.17) is 9.47 Å². The Bertz CT molecular complexity index is 874. The first-order chi connectivity index (χ1) is 14.0. The number of anilines is 1. The van der Waals surface area contributed by atoms with Gasteiger partial charge in [0.2, 0.25) is 0 Å². The molecule has 1 N–H and O–H groups in total. The number of halogens is 2. The van der Waals surface area contributed by atoms with Gasteiger partial charge in [-0.2, -0.15) is 8.78 Å². The molecule has 0 aromatic heterocycles. The fourth-order valence-corrected chi connectivity index (χ4v) is 2.91. The van der Waals surface area contributed by atoms with Crippen LogP contribution in [0.25, 0.3) is 0 Å². The Morgan fingerprint density at radius 1 is 1.21 bits per heavy atom. The number of rotatable bonds is 8. The largest absolute Gasteiger partial charge is 0.493 e. The second-order valence-corrected chi connectivity index (χ2v) is 6.18. The third-order valence-electron chi connectivity index (χ3n) is 4.35. The number of ether oxygens (including phenoxy) is 3. The molecule has 1 aliphatic heterocycles. The summed E-state index contributed by atoms with van der Waals surface area (Å²) in [4.78, 5) is 25.3. The van der Waals surface area contributed by atoms with Gasteiger partial charge in [-0.3, -0.25) is 9.69 Å². The SMILES string of the molecule is COc1ccc(CCNC(=O)c2ccc(N3CCOC3=O)cc2)cc1OC(F)F. The molecular formula is C20H20F2N2O5. The fraction of sp³-hybridized carbons (Fsp3) is 0.300. The Morgan fingerprint density at radius 3 is 2.59 bits per heavy atom. The van der Waals surface area contributed by atoms with Crippen molar-refractivity contribution in [3.05, 3.63) is 53.6 Å². The summed E-state index contributed by atoms with van der Waals surface area (Å²) in [6.07, 6.45) is 0.0180. The first kappa shape index (κ1) is 20.4. The molecule has 3 rings (SSSR count). The minimum atomic E-state index is -2.95. The molecule has 2 aromatic rings. The summed E-state index contributed by atoms with van der Waals surface area (Å²) in [6.45, 7) is -1.83. The third-order valence-corrected chi connectivity index (χ3v) is 4.35. The standard InChI is InChI=1S/C20H20F2N2O5/c1-27-16-7-2-13(12-17(16)29-19(21)22)8-9-23-18(25)14-3-5-15(6-4-14)24-10-11-28-20(24)26/h2-7,12,19H,8-11H2,1H3,(H,23,25). The average Bonchev–Trinajstić information content (AvgIpc) is 3.13. The Balaban J connectivity index is 1.55. The summed E-state index contributed by atoms with van der Waals surface area (Å²) in [5.74, 6) is -0.125. The molecule has 7 nitrogen and oxygen atoms in total. The van der Waals surface area contributed by atoms with Gasteiger partial charge in [0.25, 0.3) is 5.91 Å². The van der Waals surface area contributed by atoms with Crippen LogP contribution < -0.4 is 19.7 Å². The van der Waals surface area contributed by atoms with E-state index in [1.807, 2.05) is 0 Å². The van der Waals surface area contributed by atoms with Crippen molar-refractivity contribution in [3.63, 3.8) is 0 Å². The van der Waals surface area contributed by atoms with Gasteiger partial charge in [-0.05, 0) is 48.4 Å². The van der Waals surface area contributed by atoms with Crippen molar-refractivity contribution < 1.29 is 32.6 Å². The summed E-state index contributed by atoms with van der Waals surface area (Å²) in [5, 5.41) is 2.77. The van der Waals surface area contributed by atoms with E-state index in [0.717, 1.165) is 0 Å². The average molecular weight is 406 g/mol. The lowest BCUT2D eigenvalue weighted by molar-refractivity contribution is -0.0512. The van der Waals surface area contributed by atoms with E-state index in [1.54, 1.807) is 30.3 Å². The van der Waals surface area contributed by atoms with Crippen LogP contribution in [0.15, 0.2) is 42.5 Å². The molecule has 0 atom stereocenters. The second-order valence-electron chi connectivity index (χ2n) is 6.18. The Labute approximate surface area is 166 Å². The molecule has 2 aromatic carbocycles. The van der Waals surface area contributed by atoms with Crippen molar-refractivity contribution >= 4 is 17.7 Å². The van der Waals surface area contributed by atoms with Gasteiger partial charge in [0, 0.05) is 17.8 Å². The Kier molecular flexibility index (Phi) is 6.48. The zero-order valence-corrected chi connectivity index (χ0v) is 15.7. The van der Waals surface area contributed by atoms with Crippen molar-refractivity contribution in [2.45, 2.75) is 13.0 Å². The van der Waals surface area contributed by atoms with Crippen molar-refractivity contribution in [1.82, 2.24) is 5.32 Å². The molecule has 1 saturated heterocycles. The van der Waals surface area contributed by atoms with Crippen molar-refractivity contribution in [2.24, 2.45) is 0 Å². The number of carbonyl (C=O) groups is 2. The summed E-state index contributed by atoms with van der Waals surface area (Å²) in [7, 11) is 1.37. The van der Waals surface area contributed by atoms with Crippen LogP contribution in [0, 0.1) is 0 Å². The van der Waals surface area contributed by atoms with Crippen molar-refractivity contribution in [3.8, 4) is 11.5 Å². The minimum Gasteiger partial charge on any atom is -0.493 e. The molecule has 0 spiro atoms. The molecule has 0 unspecified atom stereocenters. The minimum absolute atomic E-state index is 0.0534. The van der Waals surface area contributed by atoms with Gasteiger partial charge < -0.3 is 19.5 Å². The van der Waals surface area contributed by atoms with Crippen LogP contribution in [0.3, 0.4) is 0 Å². The number of nitrogens with one attached hydrogen (secondary N) is 1. The van der Waals surface area contributed by atoms with E-state index in [2.05, 4.69) is 10.1 Å². The quantitative estimate of drug-likeness (QED) is 0.729. The molecular weight excluding hydrogens is 386 g/mol. The molecule has 1 fully saturated rings. The van der Waals surface area contributed by atoms with Crippen LogP contribution in [0.5, 0.6) is 11.5 Å². The van der Waals surface area contributed by atoms with Crippen LogP contribution in [-0.4, -0.2) is 45.4 Å². The van der Waals surface area contributed by atoms with E-state index < -0.39 is 12.7 Å². The molecule has 2 amide bonds. The molecule has 0 bridgehead atoms. The molecule has 1 aliphatic rings. The van der Waals surface area contributed by atoms with Crippen LogP contribution in [0.2, 0.25) is 0 Å². The molecule has 0 radical (unpaired) electrons. The molecule has 29 heavy (non-hydrogen) atoms. The maximum atomic E-state index is 12.5. The molecule has 0 saturated carbocycles. The Hall–Kier alpha value is -3.36. The molecule has 9 heteroatoms. The topological polar surface area (TPSA) is 77.1 Å². The summed E-state index contributed by atoms with van der Waals surface area (Å²) in [5.41, 5.74) is 1.82. The number of cyclic esters (lactones) is 1. The number of carbonyl (C=O) groups excluding carboxylic acids is 2. The third kappa shape index (κ3) is 5.13. The highest BCUT2D eigenvalue weighted by atomic mass is 19.3. The van der Waals surface area contributed by atoms with Gasteiger partial charge >= 0.3 is 12.7 Å². The highest BCUT2D eigenvalue weighted by Crippen LogP contribution is 2.29. The van der Waals surface area contributed by atoms with Gasteiger partial charge in [-0.1, -0.05) is 6.07 Å². The highest BCUT2D eigenvalue weighted by Gasteiger charge is 2.23. The number of methoxy groups -OCH3 is 1. The number of hydrogen-bond donors (Lipinski definition) is 1. The number of nitrogens with zero attached hydrogens (tertiary/aromatic N) is 1. The molecule has 0 aliphatic carbocycles. The lowest BCUT2D eigenvalue weighted by atomic mass is 10.1. The second kappa shape index (κ2) is 9.22. The molecule has 154 valence electrons. The van der Waals surface area contributed by atoms with Gasteiger partial charge in [-0.15, -0.1) is 0 Å². The normalized spacial score (nSPS) is 13.4. The number of hydrogen-bond acceptors (Lipinski definition) is 5. The van der Waals surface area contributed by atoms with E-state index in [9.17, 15) is 18.4 Å². The molecule has 1 heterocycles. The first-order valence-electron chi connectivity index (χ1n) is 8.92. The number of alkyl halides is 2. The fourth-order valence-electron chi connectivity index (χ4n) is 2.91. The maximum absolute atomic E-state index is 12.5. The van der Waals surface area contributed by atoms with Gasteiger partial charge in [0.15, 0.2) is 11.5 Å². The highest BCUT2D eigenvalue weighted by molar-refractivity contribution is 5.95. The smallest absolute Gasteiger partial charge is 0.414 e. The predicted molar refractivity (Wildman–Crippen MR) is 101 cm³/mol. The van der Waals surface area contributed by atoms with Crippen LogP contribution in [0.1, 0.15) is 15.9 Å². The van der Waals surface area contributed by atoms with Crippen LogP contribution >= 0.6 is 0 Å². The van der Waals surface area contributed by atoms with E-state index >= 15 is 0 Å². The van der Waals surface area contributed by atoms with Crippen LogP contribution in [0.4, 0.5) is 19.3 Å². The monoisotopic (exact) mass is 406 g/mol. The van der Waals surface area contributed by atoms with E-state index in [0.29, 0.717) is 42.9 Å². The zero-order chi connectivity index (χ0) is 20.8. The predicted octanol–water partition coefficient (Wildman–Crippen LogP) is 3.23. The Morgan fingerprint density at radius 2 is 1.97 bits per heavy atom. The van der Waals surface area contributed by atoms with Crippen molar-refractivity contribution in [1.29, 1.82) is 0 Å². The van der Waals surface area contributed by atoms with Crippen LogP contribution in [-0.2, 0) is 11.2 Å². The summed E-state index contributed by atoms with van der Waals surface area (Å²) in [6, 6.07) is 11.3. The van der Waals surface area contributed by atoms with Gasteiger partial charge in [0.1, 0.15) is 6.61 Å². The summed E-state index contributed by atoms with van der Waals surface area (Å²) >= 11 is 0. The van der Waals surface area contributed by atoms with Gasteiger partial charge in [0.05, 0.1) is 13.7 Å². The number of amides is 2. The lowest BCUT2D eigenvalue weighted by Crippen LogP contribution is -2.26. The maximum Gasteiger partial charge on any atom is 0.414 e. The zero-order valence-electron chi connectivity index (χ0n) is 15.7. The summed E-state index contributed by atoms with van der Waals surface area (Å²) < 4.78 is 39.3. The van der Waals surface area contributed by atoms with Gasteiger partial charge in [-0.25, -0.2) is 4.79 Å².